The second-order valence-electron chi connectivity index (χ2n) is 7.01. The number of aromatic nitrogens is 3. The average molecular weight is 425 g/mol. The van der Waals surface area contributed by atoms with E-state index >= 15 is 0 Å². The van der Waals surface area contributed by atoms with E-state index in [1.54, 1.807) is 11.3 Å². The number of anilines is 1. The molecule has 0 atom stereocenters. The molecule has 0 bridgehead atoms. The van der Waals surface area contributed by atoms with E-state index in [9.17, 15) is 4.79 Å². The third-order valence-electron chi connectivity index (χ3n) is 4.47. The number of thiophene rings is 1. The smallest absolute Gasteiger partial charge is 0.267 e. The first kappa shape index (κ1) is 19.5. The summed E-state index contributed by atoms with van der Waals surface area (Å²) >= 11 is 3.00. The molecule has 1 amide bonds. The fraction of sp³-hybridized carbons (Fsp3) is 0.238. The van der Waals surface area contributed by atoms with Gasteiger partial charge in [-0.05, 0) is 36.9 Å². The molecule has 8 heteroatoms. The van der Waals surface area contributed by atoms with Gasteiger partial charge >= 0.3 is 0 Å². The molecule has 4 rings (SSSR count). The molecule has 6 nitrogen and oxygen atoms in total. The number of benzene rings is 1. The van der Waals surface area contributed by atoms with Crippen molar-refractivity contribution >= 4 is 34.3 Å². The molecule has 0 spiro atoms. The number of thiazole rings is 1. The van der Waals surface area contributed by atoms with E-state index in [0.717, 1.165) is 16.1 Å². The van der Waals surface area contributed by atoms with Crippen LogP contribution in [0.25, 0.3) is 22.0 Å². The Morgan fingerprint density at radius 2 is 2.00 bits per heavy atom. The summed E-state index contributed by atoms with van der Waals surface area (Å²) < 4.78 is 5.45. The van der Waals surface area contributed by atoms with Crippen molar-refractivity contribution in [1.29, 1.82) is 0 Å². The topological polar surface area (TPSA) is 80.9 Å². The molecule has 0 saturated carbocycles. The predicted octanol–water partition coefficient (Wildman–Crippen LogP) is 5.91. The van der Waals surface area contributed by atoms with Crippen LogP contribution >= 0.6 is 22.7 Å². The number of nitrogens with one attached hydrogen (secondary N) is 1. The van der Waals surface area contributed by atoms with Crippen LogP contribution in [0.1, 0.15) is 46.5 Å². The molecule has 4 aromatic rings. The molecule has 0 unspecified atom stereocenters. The van der Waals surface area contributed by atoms with Gasteiger partial charge in [-0.25, -0.2) is 4.98 Å². The summed E-state index contributed by atoms with van der Waals surface area (Å²) in [4.78, 5) is 22.7. The maximum atomic E-state index is 13.1. The number of hydrogen-bond donors (Lipinski definition) is 1. The Labute approximate surface area is 176 Å². The zero-order valence-corrected chi connectivity index (χ0v) is 18.1. The van der Waals surface area contributed by atoms with E-state index in [0.29, 0.717) is 33.5 Å². The Bertz CT molecular complexity index is 1160. The Morgan fingerprint density at radius 1 is 1.17 bits per heavy atom. The Morgan fingerprint density at radius 3 is 2.69 bits per heavy atom. The molecule has 0 saturated heterocycles. The summed E-state index contributed by atoms with van der Waals surface area (Å²) in [6, 6.07) is 7.73. The third-order valence-corrected chi connectivity index (χ3v) is 6.36. The van der Waals surface area contributed by atoms with Gasteiger partial charge in [-0.3, -0.25) is 4.79 Å². The van der Waals surface area contributed by atoms with E-state index in [1.807, 2.05) is 62.7 Å². The molecule has 0 aliphatic carbocycles. The summed E-state index contributed by atoms with van der Waals surface area (Å²) in [7, 11) is 0. The van der Waals surface area contributed by atoms with Crippen LogP contribution in [0.15, 0.2) is 39.5 Å². The zero-order valence-electron chi connectivity index (χ0n) is 16.5. The molecule has 1 N–H and O–H groups in total. The Hall–Kier alpha value is -2.84. The van der Waals surface area contributed by atoms with Crippen LogP contribution in [0, 0.1) is 13.8 Å². The van der Waals surface area contributed by atoms with Crippen LogP contribution in [0.3, 0.4) is 0 Å². The minimum Gasteiger partial charge on any atom is -0.334 e. The largest absolute Gasteiger partial charge is 0.334 e. The molecule has 0 radical (unpaired) electrons. The van der Waals surface area contributed by atoms with Crippen LogP contribution in [-0.4, -0.2) is 21.0 Å². The van der Waals surface area contributed by atoms with Gasteiger partial charge in [0, 0.05) is 16.9 Å². The fourth-order valence-electron chi connectivity index (χ4n) is 2.88. The molecule has 3 heterocycles. The number of nitrogens with zero attached hydrogens (tertiary/aromatic N) is 3. The normalized spacial score (nSPS) is 11.2. The summed E-state index contributed by atoms with van der Waals surface area (Å²) in [5.41, 5.74) is 4.04. The first-order valence-electron chi connectivity index (χ1n) is 9.19. The fourth-order valence-corrected chi connectivity index (χ4v) is 4.55. The molecule has 0 aliphatic heterocycles. The van der Waals surface area contributed by atoms with Crippen molar-refractivity contribution in [3.05, 3.63) is 57.0 Å². The maximum Gasteiger partial charge on any atom is 0.267 e. The molecule has 3 aromatic heterocycles. The lowest BCUT2D eigenvalue weighted by Gasteiger charge is -2.11. The standard InChI is InChI=1S/C21H20N4O2S2/c1-11(2)18-24-20(27-25-18)15-7-5-6-12(3)16(15)23-19(26)17-13(4)22-21(29-17)14-8-9-28-10-14/h5-11H,1-4H3,(H,23,26). The van der Waals surface area contributed by atoms with Crippen molar-refractivity contribution in [1.82, 2.24) is 15.1 Å². The number of aryl methyl sites for hydroxylation is 2. The highest BCUT2D eigenvalue weighted by molar-refractivity contribution is 7.17. The van der Waals surface area contributed by atoms with Gasteiger partial charge in [0.2, 0.25) is 0 Å². The van der Waals surface area contributed by atoms with E-state index in [1.165, 1.54) is 11.3 Å². The van der Waals surface area contributed by atoms with Crippen molar-refractivity contribution < 1.29 is 9.32 Å². The minimum atomic E-state index is -0.194. The van der Waals surface area contributed by atoms with Crippen molar-refractivity contribution in [2.75, 3.05) is 5.32 Å². The van der Waals surface area contributed by atoms with Crippen LogP contribution in [0.2, 0.25) is 0 Å². The first-order chi connectivity index (χ1) is 13.9. The van der Waals surface area contributed by atoms with Crippen LogP contribution in [0.4, 0.5) is 5.69 Å². The van der Waals surface area contributed by atoms with Crippen LogP contribution in [0.5, 0.6) is 0 Å². The van der Waals surface area contributed by atoms with E-state index < -0.39 is 0 Å². The lowest BCUT2D eigenvalue weighted by molar-refractivity contribution is 0.102. The number of carbonyl (C=O) groups excluding carboxylic acids is 1. The first-order valence-corrected chi connectivity index (χ1v) is 10.9. The molecule has 1 aromatic carbocycles. The van der Waals surface area contributed by atoms with Gasteiger partial charge in [-0.2, -0.15) is 16.3 Å². The number of rotatable bonds is 5. The Kier molecular flexibility index (Phi) is 5.29. The summed E-state index contributed by atoms with van der Waals surface area (Å²) in [6.07, 6.45) is 0. The minimum absolute atomic E-state index is 0.158. The predicted molar refractivity (Wildman–Crippen MR) is 117 cm³/mol. The summed E-state index contributed by atoms with van der Waals surface area (Å²) in [6.45, 7) is 7.80. The van der Waals surface area contributed by atoms with Gasteiger partial charge < -0.3 is 9.84 Å². The highest BCUT2D eigenvalue weighted by Gasteiger charge is 2.21. The van der Waals surface area contributed by atoms with Crippen molar-refractivity contribution in [3.63, 3.8) is 0 Å². The van der Waals surface area contributed by atoms with Gasteiger partial charge in [0.1, 0.15) is 9.88 Å². The second-order valence-corrected chi connectivity index (χ2v) is 8.79. The molecule has 29 heavy (non-hydrogen) atoms. The number of carbonyl (C=O) groups is 1. The van der Waals surface area contributed by atoms with E-state index in [-0.39, 0.29) is 11.8 Å². The highest BCUT2D eigenvalue weighted by atomic mass is 32.1. The highest BCUT2D eigenvalue weighted by Crippen LogP contribution is 2.33. The van der Waals surface area contributed by atoms with Gasteiger partial charge in [-0.1, -0.05) is 31.1 Å². The van der Waals surface area contributed by atoms with Crippen LogP contribution in [-0.2, 0) is 0 Å². The number of amides is 1. The molecule has 0 aliphatic rings. The zero-order chi connectivity index (χ0) is 20.5. The van der Waals surface area contributed by atoms with Gasteiger partial charge in [-0.15, -0.1) is 11.3 Å². The van der Waals surface area contributed by atoms with E-state index in [2.05, 4.69) is 20.4 Å². The summed E-state index contributed by atoms with van der Waals surface area (Å²) in [5.74, 6) is 0.997. The van der Waals surface area contributed by atoms with Crippen molar-refractivity contribution in [2.45, 2.75) is 33.6 Å². The van der Waals surface area contributed by atoms with Gasteiger partial charge in [0.25, 0.3) is 11.8 Å². The lowest BCUT2D eigenvalue weighted by Crippen LogP contribution is -2.13. The molecule has 0 fully saturated rings. The third kappa shape index (κ3) is 3.86. The number of para-hydroxylation sites is 1. The summed E-state index contributed by atoms with van der Waals surface area (Å²) in [5, 5.41) is 12.0. The molecular formula is C21H20N4O2S2. The van der Waals surface area contributed by atoms with E-state index in [4.69, 9.17) is 4.52 Å². The average Bonchev–Trinajstić information content (AvgIpc) is 3.43. The van der Waals surface area contributed by atoms with Crippen molar-refractivity contribution in [2.24, 2.45) is 0 Å². The van der Waals surface area contributed by atoms with Gasteiger partial charge in [0.05, 0.1) is 16.9 Å². The van der Waals surface area contributed by atoms with Crippen molar-refractivity contribution in [3.8, 4) is 22.0 Å². The van der Waals surface area contributed by atoms with Gasteiger partial charge in [0.15, 0.2) is 5.82 Å². The SMILES string of the molecule is Cc1cccc(-c2nc(C(C)C)no2)c1NC(=O)c1sc(-c2ccsc2)nc1C. The monoisotopic (exact) mass is 424 g/mol. The quantitative estimate of drug-likeness (QED) is 0.430. The maximum absolute atomic E-state index is 13.1. The number of hydrogen-bond acceptors (Lipinski definition) is 7. The van der Waals surface area contributed by atoms with Crippen LogP contribution < -0.4 is 5.32 Å². The molecular weight excluding hydrogens is 404 g/mol. The Balaban J connectivity index is 1.67. The lowest BCUT2D eigenvalue weighted by atomic mass is 10.1. The molecule has 148 valence electrons. The second kappa shape index (κ2) is 7.88.